The summed E-state index contributed by atoms with van der Waals surface area (Å²) in [5.74, 6) is -0.760. The number of carbonyl (C=O) groups excluding carboxylic acids is 2. The van der Waals surface area contributed by atoms with Crippen molar-refractivity contribution in [1.82, 2.24) is 9.21 Å². The molecular weight excluding hydrogens is 414 g/mol. The minimum Gasteiger partial charge on any atom is -0.465 e. The Morgan fingerprint density at radius 3 is 2.38 bits per heavy atom. The molecule has 1 amide bonds. The van der Waals surface area contributed by atoms with Crippen molar-refractivity contribution in [3.63, 3.8) is 0 Å². The highest BCUT2D eigenvalue weighted by Gasteiger charge is 2.29. The molecule has 0 unspecified atom stereocenters. The average molecular weight is 438 g/mol. The normalized spacial score (nSPS) is 15.8. The van der Waals surface area contributed by atoms with Crippen LogP contribution >= 0.6 is 11.3 Å². The molecule has 1 fully saturated rings. The Kier molecular flexibility index (Phi) is 6.68. The fraction of sp³-hybridized carbons (Fsp3) is 0.368. The van der Waals surface area contributed by atoms with E-state index in [9.17, 15) is 18.0 Å². The number of ether oxygens (including phenoxy) is 1. The van der Waals surface area contributed by atoms with Crippen LogP contribution in [0.25, 0.3) is 0 Å². The van der Waals surface area contributed by atoms with Crippen LogP contribution < -0.4 is 5.32 Å². The molecule has 0 radical (unpaired) electrons. The van der Waals surface area contributed by atoms with Crippen LogP contribution in [0, 0.1) is 6.92 Å². The molecule has 1 aromatic carbocycles. The molecule has 0 spiro atoms. The monoisotopic (exact) mass is 437 g/mol. The molecule has 1 aromatic heterocycles. The molecule has 2 aromatic rings. The molecule has 8 nitrogen and oxygen atoms in total. The zero-order valence-corrected chi connectivity index (χ0v) is 17.9. The summed E-state index contributed by atoms with van der Waals surface area (Å²) >= 11 is 1.25. The van der Waals surface area contributed by atoms with E-state index in [-0.39, 0.29) is 17.3 Å². The number of rotatable bonds is 6. The van der Waals surface area contributed by atoms with Gasteiger partial charge >= 0.3 is 5.97 Å². The number of amides is 1. The summed E-state index contributed by atoms with van der Waals surface area (Å²) in [6.45, 7) is 3.56. The lowest BCUT2D eigenvalue weighted by Gasteiger charge is -2.33. The van der Waals surface area contributed by atoms with E-state index in [4.69, 9.17) is 4.74 Å². The maximum atomic E-state index is 12.8. The van der Waals surface area contributed by atoms with Crippen LogP contribution in [0.15, 0.2) is 40.6 Å². The highest BCUT2D eigenvalue weighted by molar-refractivity contribution is 7.89. The molecule has 1 aliphatic rings. The number of nitrogens with one attached hydrogen (secondary N) is 1. The molecule has 1 N–H and O–H groups in total. The number of benzene rings is 1. The number of hydrogen-bond acceptors (Lipinski definition) is 7. The lowest BCUT2D eigenvalue weighted by molar-refractivity contribution is -0.117. The molecule has 0 aliphatic carbocycles. The van der Waals surface area contributed by atoms with Crippen molar-refractivity contribution in [2.24, 2.45) is 0 Å². The average Bonchev–Trinajstić information content (AvgIpc) is 3.16. The van der Waals surface area contributed by atoms with Crippen LogP contribution in [0.4, 0.5) is 5.00 Å². The first-order valence-corrected chi connectivity index (χ1v) is 11.4. The third kappa shape index (κ3) is 5.02. The van der Waals surface area contributed by atoms with E-state index in [0.717, 1.165) is 5.56 Å². The van der Waals surface area contributed by atoms with Crippen molar-refractivity contribution < 1.29 is 22.7 Å². The SMILES string of the molecule is COC(=O)c1ccsc1NC(=O)CN1CCN(S(=O)(=O)c2ccc(C)cc2)CC1. The minimum atomic E-state index is -3.53. The van der Waals surface area contributed by atoms with Crippen LogP contribution in [0.1, 0.15) is 15.9 Å². The second kappa shape index (κ2) is 9.04. The van der Waals surface area contributed by atoms with Crippen molar-refractivity contribution >= 4 is 38.2 Å². The Balaban J connectivity index is 1.54. The molecule has 0 saturated carbocycles. The molecule has 1 saturated heterocycles. The number of carbonyl (C=O) groups is 2. The van der Waals surface area contributed by atoms with Crippen molar-refractivity contribution in [3.05, 3.63) is 46.8 Å². The van der Waals surface area contributed by atoms with E-state index < -0.39 is 16.0 Å². The van der Waals surface area contributed by atoms with E-state index in [1.54, 1.807) is 35.7 Å². The maximum Gasteiger partial charge on any atom is 0.340 e. The third-order valence-electron chi connectivity index (χ3n) is 4.68. The van der Waals surface area contributed by atoms with Crippen molar-refractivity contribution in [2.45, 2.75) is 11.8 Å². The van der Waals surface area contributed by atoms with E-state index in [1.165, 1.54) is 22.8 Å². The zero-order chi connectivity index (χ0) is 21.0. The van der Waals surface area contributed by atoms with Crippen LogP contribution in [-0.4, -0.2) is 69.3 Å². The molecule has 0 bridgehead atoms. The highest BCUT2D eigenvalue weighted by atomic mass is 32.2. The minimum absolute atomic E-state index is 0.122. The van der Waals surface area contributed by atoms with Gasteiger partial charge in [-0.2, -0.15) is 4.31 Å². The Labute approximate surface area is 174 Å². The van der Waals surface area contributed by atoms with Gasteiger partial charge in [0.1, 0.15) is 5.00 Å². The topological polar surface area (TPSA) is 96.0 Å². The lowest BCUT2D eigenvalue weighted by atomic mass is 10.2. The smallest absolute Gasteiger partial charge is 0.340 e. The Morgan fingerprint density at radius 2 is 1.76 bits per heavy atom. The standard InChI is InChI=1S/C19H23N3O5S2/c1-14-3-5-15(6-4-14)29(25,26)22-10-8-21(9-11-22)13-17(23)20-18-16(7-12-28-18)19(24)27-2/h3-7,12H,8-11,13H2,1-2H3,(H,20,23). The van der Waals surface area contributed by atoms with Crippen molar-refractivity contribution in [3.8, 4) is 0 Å². The van der Waals surface area contributed by atoms with Gasteiger partial charge in [-0.3, -0.25) is 9.69 Å². The number of sulfonamides is 1. The second-order valence-corrected chi connectivity index (χ2v) is 9.55. The van der Waals surface area contributed by atoms with Crippen LogP contribution in [0.3, 0.4) is 0 Å². The third-order valence-corrected chi connectivity index (χ3v) is 7.42. The predicted molar refractivity (Wildman–Crippen MR) is 111 cm³/mol. The summed E-state index contributed by atoms with van der Waals surface area (Å²) in [5, 5.41) is 4.88. The summed E-state index contributed by atoms with van der Waals surface area (Å²) in [5.41, 5.74) is 1.32. The number of anilines is 1. The maximum absolute atomic E-state index is 12.8. The molecule has 0 atom stereocenters. The Morgan fingerprint density at radius 1 is 1.10 bits per heavy atom. The first-order chi connectivity index (χ1) is 13.8. The van der Waals surface area contributed by atoms with E-state index in [2.05, 4.69) is 5.32 Å². The molecule has 156 valence electrons. The summed E-state index contributed by atoms with van der Waals surface area (Å²) < 4.78 is 31.7. The fourth-order valence-electron chi connectivity index (χ4n) is 3.03. The van der Waals surface area contributed by atoms with Crippen LogP contribution in [-0.2, 0) is 19.6 Å². The first-order valence-electron chi connectivity index (χ1n) is 9.06. The Hall–Kier alpha value is -2.27. The molecule has 1 aliphatic heterocycles. The molecular formula is C19H23N3O5S2. The van der Waals surface area contributed by atoms with Crippen molar-refractivity contribution in [1.29, 1.82) is 0 Å². The summed E-state index contributed by atoms with van der Waals surface area (Å²) in [7, 11) is -2.25. The molecule has 29 heavy (non-hydrogen) atoms. The second-order valence-electron chi connectivity index (χ2n) is 6.70. The van der Waals surface area contributed by atoms with Gasteiger partial charge in [0.2, 0.25) is 15.9 Å². The van der Waals surface area contributed by atoms with Gasteiger partial charge in [-0.25, -0.2) is 13.2 Å². The van der Waals surface area contributed by atoms with Gasteiger partial charge in [0.05, 0.1) is 24.1 Å². The predicted octanol–water partition coefficient (Wildman–Crippen LogP) is 1.79. The van der Waals surface area contributed by atoms with E-state index in [0.29, 0.717) is 36.7 Å². The lowest BCUT2D eigenvalue weighted by Crippen LogP contribution is -2.50. The number of methoxy groups -OCH3 is 1. The molecule has 2 heterocycles. The number of thiophene rings is 1. The van der Waals surface area contributed by atoms with E-state index in [1.807, 2.05) is 11.8 Å². The van der Waals surface area contributed by atoms with Gasteiger partial charge < -0.3 is 10.1 Å². The number of nitrogens with zero attached hydrogens (tertiary/aromatic N) is 2. The zero-order valence-electron chi connectivity index (χ0n) is 16.3. The van der Waals surface area contributed by atoms with Crippen LogP contribution in [0.5, 0.6) is 0 Å². The van der Waals surface area contributed by atoms with Gasteiger partial charge in [0.15, 0.2) is 0 Å². The van der Waals surface area contributed by atoms with Gasteiger partial charge in [-0.1, -0.05) is 17.7 Å². The summed E-state index contributed by atoms with van der Waals surface area (Å²) in [6, 6.07) is 8.39. The van der Waals surface area contributed by atoms with Crippen molar-refractivity contribution in [2.75, 3.05) is 45.2 Å². The highest BCUT2D eigenvalue weighted by Crippen LogP contribution is 2.24. The fourth-order valence-corrected chi connectivity index (χ4v) is 5.25. The first kappa shape index (κ1) is 21.4. The summed E-state index contributed by atoms with van der Waals surface area (Å²) in [6.07, 6.45) is 0. The van der Waals surface area contributed by atoms with Gasteiger partial charge in [-0.15, -0.1) is 11.3 Å². The molecule has 3 rings (SSSR count). The largest absolute Gasteiger partial charge is 0.465 e. The summed E-state index contributed by atoms with van der Waals surface area (Å²) in [4.78, 5) is 26.2. The number of hydrogen-bond donors (Lipinski definition) is 1. The van der Waals surface area contributed by atoms with E-state index >= 15 is 0 Å². The number of esters is 1. The number of piperazine rings is 1. The quantitative estimate of drug-likeness (QED) is 0.692. The van der Waals surface area contributed by atoms with Gasteiger partial charge in [0.25, 0.3) is 0 Å². The molecule has 10 heteroatoms. The Bertz CT molecular complexity index is 978. The van der Waals surface area contributed by atoms with Gasteiger partial charge in [-0.05, 0) is 30.5 Å². The number of aryl methyl sites for hydroxylation is 1. The van der Waals surface area contributed by atoms with Gasteiger partial charge in [0, 0.05) is 26.2 Å². The van der Waals surface area contributed by atoms with Crippen LogP contribution in [0.2, 0.25) is 0 Å².